The quantitative estimate of drug-likeness (QED) is 0.509. The number of allylic oxidation sites excluding steroid dienone is 2. The van der Waals surface area contributed by atoms with Crippen LogP contribution in [0.2, 0.25) is 0 Å². The van der Waals surface area contributed by atoms with Crippen LogP contribution < -0.4 is 0 Å². The standard InChI is InChI=1S/C14H20O/c1-9(8-15)5-10-6-11-7-14(10)13-4-2-3-12(11)13/h6,8-9,11-14H,2-5,7H2,1H3. The molecule has 5 atom stereocenters. The fourth-order valence-corrected chi connectivity index (χ4v) is 4.35. The van der Waals surface area contributed by atoms with Crippen LogP contribution in [0, 0.1) is 29.6 Å². The number of fused-ring (bicyclic) bond motifs is 5. The zero-order chi connectivity index (χ0) is 10.4. The van der Waals surface area contributed by atoms with Crippen molar-refractivity contribution in [3.8, 4) is 0 Å². The van der Waals surface area contributed by atoms with E-state index in [0.29, 0.717) is 0 Å². The average molecular weight is 204 g/mol. The molecule has 3 rings (SSSR count). The van der Waals surface area contributed by atoms with Crippen LogP contribution in [0.15, 0.2) is 11.6 Å². The molecule has 15 heavy (non-hydrogen) atoms. The van der Waals surface area contributed by atoms with E-state index in [1.807, 2.05) is 6.92 Å². The Labute approximate surface area is 91.9 Å². The SMILES string of the molecule is CC(C=O)CC1=CC2CC1C1CCCC21. The van der Waals surface area contributed by atoms with Gasteiger partial charge in [0.2, 0.25) is 0 Å². The van der Waals surface area contributed by atoms with Gasteiger partial charge in [0.15, 0.2) is 0 Å². The molecule has 2 saturated carbocycles. The van der Waals surface area contributed by atoms with Crippen molar-refractivity contribution in [1.29, 1.82) is 0 Å². The van der Waals surface area contributed by atoms with Gasteiger partial charge in [0, 0.05) is 5.92 Å². The lowest BCUT2D eigenvalue weighted by molar-refractivity contribution is -0.110. The first-order valence-corrected chi connectivity index (χ1v) is 6.45. The topological polar surface area (TPSA) is 17.1 Å². The van der Waals surface area contributed by atoms with Gasteiger partial charge < -0.3 is 4.79 Å². The van der Waals surface area contributed by atoms with Crippen molar-refractivity contribution in [2.75, 3.05) is 0 Å². The molecule has 0 aliphatic heterocycles. The van der Waals surface area contributed by atoms with Crippen molar-refractivity contribution >= 4 is 6.29 Å². The van der Waals surface area contributed by atoms with Gasteiger partial charge in [0.25, 0.3) is 0 Å². The molecule has 0 radical (unpaired) electrons. The second kappa shape index (κ2) is 3.47. The lowest BCUT2D eigenvalue weighted by atomic mass is 9.79. The molecule has 2 fully saturated rings. The van der Waals surface area contributed by atoms with Gasteiger partial charge in [-0.25, -0.2) is 0 Å². The first-order valence-electron chi connectivity index (χ1n) is 6.45. The Hall–Kier alpha value is -0.590. The summed E-state index contributed by atoms with van der Waals surface area (Å²) >= 11 is 0. The highest BCUT2D eigenvalue weighted by Crippen LogP contribution is 2.58. The Morgan fingerprint density at radius 2 is 2.27 bits per heavy atom. The number of hydrogen-bond acceptors (Lipinski definition) is 1. The molecule has 0 N–H and O–H groups in total. The third-order valence-electron chi connectivity index (χ3n) is 4.91. The number of aldehydes is 1. The second-order valence-electron chi connectivity index (χ2n) is 5.82. The summed E-state index contributed by atoms with van der Waals surface area (Å²) in [7, 11) is 0. The Balaban J connectivity index is 1.75. The summed E-state index contributed by atoms with van der Waals surface area (Å²) in [5.41, 5.74) is 1.63. The van der Waals surface area contributed by atoms with Gasteiger partial charge in [0.1, 0.15) is 6.29 Å². The maximum absolute atomic E-state index is 10.7. The van der Waals surface area contributed by atoms with E-state index in [9.17, 15) is 4.79 Å². The highest BCUT2D eigenvalue weighted by molar-refractivity contribution is 5.53. The molecule has 3 aliphatic rings. The minimum atomic E-state index is 0.232. The lowest BCUT2D eigenvalue weighted by Crippen LogP contribution is -2.17. The van der Waals surface area contributed by atoms with Gasteiger partial charge in [0.05, 0.1) is 0 Å². The van der Waals surface area contributed by atoms with Gasteiger partial charge in [-0.1, -0.05) is 25.0 Å². The summed E-state index contributed by atoms with van der Waals surface area (Å²) < 4.78 is 0. The Morgan fingerprint density at radius 3 is 3.07 bits per heavy atom. The van der Waals surface area contributed by atoms with E-state index < -0.39 is 0 Å². The molecule has 0 aromatic heterocycles. The summed E-state index contributed by atoms with van der Waals surface area (Å²) in [4.78, 5) is 10.7. The van der Waals surface area contributed by atoms with E-state index in [-0.39, 0.29) is 5.92 Å². The second-order valence-corrected chi connectivity index (χ2v) is 5.82. The largest absolute Gasteiger partial charge is 0.303 e. The van der Waals surface area contributed by atoms with Crippen LogP contribution in [0.4, 0.5) is 0 Å². The molecule has 0 spiro atoms. The molecule has 3 aliphatic carbocycles. The molecule has 0 amide bonds. The highest BCUT2D eigenvalue weighted by atomic mass is 16.1. The summed E-state index contributed by atoms with van der Waals surface area (Å²) in [5.74, 6) is 4.00. The summed E-state index contributed by atoms with van der Waals surface area (Å²) in [6.07, 6.45) is 10.5. The summed E-state index contributed by atoms with van der Waals surface area (Å²) in [6, 6.07) is 0. The molecule has 0 saturated heterocycles. The third-order valence-corrected chi connectivity index (χ3v) is 4.91. The van der Waals surface area contributed by atoms with Gasteiger partial charge in [-0.3, -0.25) is 0 Å². The van der Waals surface area contributed by atoms with Crippen LogP contribution in [0.25, 0.3) is 0 Å². The minimum absolute atomic E-state index is 0.232. The van der Waals surface area contributed by atoms with Crippen LogP contribution in [0.5, 0.6) is 0 Å². The van der Waals surface area contributed by atoms with E-state index in [1.165, 1.54) is 25.7 Å². The third kappa shape index (κ3) is 1.39. The van der Waals surface area contributed by atoms with E-state index in [4.69, 9.17) is 0 Å². The zero-order valence-corrected chi connectivity index (χ0v) is 9.49. The van der Waals surface area contributed by atoms with Crippen molar-refractivity contribution in [2.45, 2.75) is 39.0 Å². The van der Waals surface area contributed by atoms with Crippen molar-refractivity contribution < 1.29 is 4.79 Å². The number of carbonyl (C=O) groups excluding carboxylic acids is 1. The molecule has 5 unspecified atom stereocenters. The van der Waals surface area contributed by atoms with Crippen LogP contribution in [0.1, 0.15) is 39.0 Å². The van der Waals surface area contributed by atoms with E-state index >= 15 is 0 Å². The van der Waals surface area contributed by atoms with Gasteiger partial charge in [-0.15, -0.1) is 0 Å². The molecular weight excluding hydrogens is 184 g/mol. The number of carbonyl (C=O) groups is 1. The fraction of sp³-hybridized carbons (Fsp3) is 0.786. The van der Waals surface area contributed by atoms with Gasteiger partial charge in [-0.05, 0) is 49.4 Å². The van der Waals surface area contributed by atoms with Crippen molar-refractivity contribution in [3.05, 3.63) is 11.6 Å². The Morgan fingerprint density at radius 1 is 1.47 bits per heavy atom. The van der Waals surface area contributed by atoms with Crippen LogP contribution in [0.3, 0.4) is 0 Å². The normalized spacial score (nSPS) is 43.9. The van der Waals surface area contributed by atoms with Gasteiger partial charge in [-0.2, -0.15) is 0 Å². The predicted molar refractivity (Wildman–Crippen MR) is 60.4 cm³/mol. The molecule has 82 valence electrons. The van der Waals surface area contributed by atoms with E-state index in [2.05, 4.69) is 6.08 Å². The average Bonchev–Trinajstić information content (AvgIpc) is 2.87. The van der Waals surface area contributed by atoms with Crippen molar-refractivity contribution in [3.63, 3.8) is 0 Å². The number of hydrogen-bond donors (Lipinski definition) is 0. The van der Waals surface area contributed by atoms with Crippen LogP contribution >= 0.6 is 0 Å². The first kappa shape index (κ1) is 9.62. The summed E-state index contributed by atoms with van der Waals surface area (Å²) in [5, 5.41) is 0. The zero-order valence-electron chi connectivity index (χ0n) is 9.49. The lowest BCUT2D eigenvalue weighted by Gasteiger charge is -2.25. The van der Waals surface area contributed by atoms with Crippen LogP contribution in [-0.2, 0) is 4.79 Å². The predicted octanol–water partition coefficient (Wildman–Crippen LogP) is 3.20. The molecule has 0 aromatic carbocycles. The maximum atomic E-state index is 10.7. The number of rotatable bonds is 3. The maximum Gasteiger partial charge on any atom is 0.123 e. The van der Waals surface area contributed by atoms with Crippen LogP contribution in [-0.4, -0.2) is 6.29 Å². The van der Waals surface area contributed by atoms with E-state index in [0.717, 1.165) is 36.4 Å². The highest BCUT2D eigenvalue weighted by Gasteiger charge is 2.49. The Kier molecular flexibility index (Phi) is 2.22. The van der Waals surface area contributed by atoms with Gasteiger partial charge >= 0.3 is 0 Å². The Bertz CT molecular complexity index is 304. The van der Waals surface area contributed by atoms with E-state index in [1.54, 1.807) is 5.57 Å². The molecule has 0 heterocycles. The monoisotopic (exact) mass is 204 g/mol. The minimum Gasteiger partial charge on any atom is -0.303 e. The first-order chi connectivity index (χ1) is 7.29. The molecule has 2 bridgehead atoms. The smallest absolute Gasteiger partial charge is 0.123 e. The molecule has 1 heteroatoms. The van der Waals surface area contributed by atoms with Crippen molar-refractivity contribution in [1.82, 2.24) is 0 Å². The molecular formula is C14H20O. The summed E-state index contributed by atoms with van der Waals surface area (Å²) in [6.45, 7) is 2.05. The van der Waals surface area contributed by atoms with Crippen molar-refractivity contribution in [2.24, 2.45) is 29.6 Å². The molecule has 1 nitrogen and oxygen atoms in total. The molecule has 0 aromatic rings. The fourth-order valence-electron chi connectivity index (χ4n) is 4.35.